The number of hydrogen-bond donors (Lipinski definition) is 1. The molecule has 0 atom stereocenters. The Morgan fingerprint density at radius 2 is 0.438 bits per heavy atom. The predicted octanol–water partition coefficient (Wildman–Crippen LogP) is -3.47. The maximum absolute atomic E-state index is 7.72. The summed E-state index contributed by atoms with van der Waals surface area (Å²) in [6.45, 7) is 0. The van der Waals surface area contributed by atoms with Crippen LogP contribution in [0.15, 0.2) is 0 Å². The normalized spacial score (nSPS) is 2.62. The Morgan fingerprint density at radius 1 is 0.438 bits per heavy atom. The summed E-state index contributed by atoms with van der Waals surface area (Å²) in [6.07, 6.45) is 0. The van der Waals surface area contributed by atoms with Crippen molar-refractivity contribution in [2.24, 2.45) is 0 Å². The summed E-state index contributed by atoms with van der Waals surface area (Å²) in [4.78, 5) is 0. The van der Waals surface area contributed by atoms with E-state index >= 15 is 0 Å². The number of rotatable bonds is 0. The molecule has 0 rings (SSSR count). The van der Waals surface area contributed by atoms with Gasteiger partial charge in [0.2, 0.25) is 0 Å². The van der Waals surface area contributed by atoms with Crippen LogP contribution in [0, 0.1) is 0 Å². The molecule has 0 aromatic rings. The maximum Gasteiger partial charge on any atom is 3.00 e. The van der Waals surface area contributed by atoms with E-state index in [0.29, 0.717) is 0 Å². The molecule has 7 nitrogen and oxygen atoms in total. The van der Waals surface area contributed by atoms with Gasteiger partial charge in [-0.05, 0) is 0 Å². The fraction of sp³-hybridized carbons (Fsp3) is 0. The number of halogens is 7. The Balaban J connectivity index is -0.00000000500. The van der Waals surface area contributed by atoms with Crippen molar-refractivity contribution in [1.29, 1.82) is 0 Å². The molecule has 0 heterocycles. The average Bonchev–Trinajstić information content (AvgIpc) is 2.45. The van der Waals surface area contributed by atoms with E-state index in [1.165, 1.54) is 0 Å². The third-order valence-electron chi connectivity index (χ3n) is 0. The second-order valence-electron chi connectivity index (χ2n) is 0. The van der Waals surface area contributed by atoms with Crippen molar-refractivity contribution in [2.45, 2.75) is 0 Å². The van der Waals surface area contributed by atoms with Crippen molar-refractivity contribution in [3.63, 3.8) is 0 Å². The van der Waals surface area contributed by atoms with E-state index < -0.39 is 0 Å². The summed E-state index contributed by atoms with van der Waals surface area (Å²) in [5.74, 6) is 0. The van der Waals surface area contributed by atoms with Crippen molar-refractivity contribution in [2.75, 3.05) is 0 Å². The second kappa shape index (κ2) is 577. The van der Waals surface area contributed by atoms with Crippen LogP contribution in [0.5, 0.6) is 0 Å². The molecule has 0 aliphatic rings. The molecule has 0 aliphatic carbocycles. The van der Waals surface area contributed by atoms with E-state index in [-0.39, 0.29) is 34.7 Å². The van der Waals surface area contributed by atoms with Gasteiger partial charge in [0, 0.05) is 0 Å². The Hall–Kier alpha value is 3.00. The quantitative estimate of drug-likeness (QED) is 0.368. The van der Waals surface area contributed by atoms with E-state index in [9.17, 15) is 0 Å². The van der Waals surface area contributed by atoms with Gasteiger partial charge >= 0.3 is 34.7 Å². The molecular formula is HAl2BrCl6O7. The van der Waals surface area contributed by atoms with Gasteiger partial charge in [0.15, 0.2) is 0 Å². The summed E-state index contributed by atoms with van der Waals surface area (Å²) in [6, 6.07) is 0. The molecule has 0 aliphatic heterocycles. The first-order valence-electron chi connectivity index (χ1n) is 1.09. The van der Waals surface area contributed by atoms with Crippen LogP contribution in [-0.2, 0) is 0 Å². The third-order valence-corrected chi connectivity index (χ3v) is 0. The van der Waals surface area contributed by atoms with Gasteiger partial charge in [-0.2, -0.15) is 0 Å². The Bertz CT molecular complexity index is 26.8. The molecule has 0 fully saturated rings. The van der Waals surface area contributed by atoms with Crippen LogP contribution in [0.4, 0.5) is 0 Å². The van der Waals surface area contributed by atoms with Gasteiger partial charge in [0.05, 0.1) is 16.3 Å². The zero-order valence-electron chi connectivity index (χ0n) is 6.70. The van der Waals surface area contributed by atoms with E-state index in [2.05, 4.69) is 71.2 Å². The Labute approximate surface area is 153 Å². The van der Waals surface area contributed by atoms with Crippen LogP contribution in [-0.4, -0.2) is 38.9 Å². The molecule has 0 spiro atoms. The molecule has 16 heavy (non-hydrogen) atoms. The predicted molar refractivity (Wildman–Crippen MR) is 57.8 cm³/mol. The summed E-state index contributed by atoms with van der Waals surface area (Å²) in [5, 5.41) is 0. The van der Waals surface area contributed by atoms with Crippen LogP contribution < -0.4 is 28.0 Å². The van der Waals surface area contributed by atoms with Gasteiger partial charge in [-0.15, -0.1) is 0 Å². The van der Waals surface area contributed by atoms with Gasteiger partial charge in [-0.3, -0.25) is 0 Å². The van der Waals surface area contributed by atoms with Gasteiger partial charge in [-0.25, -0.2) is 71.2 Å². The largest absolute Gasteiger partial charge is 3.00 e. The molecular weight excluding hydrogens is 459 g/mol. The van der Waals surface area contributed by atoms with Crippen LogP contribution in [0.25, 0.3) is 0 Å². The fourth-order valence-corrected chi connectivity index (χ4v) is 0. The van der Waals surface area contributed by atoms with Crippen molar-refractivity contribution < 1.29 is 32.2 Å². The first kappa shape index (κ1) is 61.5. The Morgan fingerprint density at radius 3 is 0.438 bits per heavy atom. The van der Waals surface area contributed by atoms with Crippen molar-refractivity contribution in [3.05, 3.63) is 0 Å². The van der Waals surface area contributed by atoms with Crippen LogP contribution in [0.3, 0.4) is 0 Å². The van der Waals surface area contributed by atoms with Gasteiger partial charge < -0.3 is 32.2 Å². The summed E-state index contributed by atoms with van der Waals surface area (Å²) in [5.41, 5.74) is 0. The molecule has 0 bridgehead atoms. The molecule has 0 aromatic heterocycles. The summed E-state index contributed by atoms with van der Waals surface area (Å²) < 4.78 is 53.1. The monoisotopic (exact) mass is 456 g/mol. The van der Waals surface area contributed by atoms with Crippen molar-refractivity contribution in [1.82, 2.24) is 0 Å². The molecule has 0 radical (unpaired) electrons. The molecule has 1 N–H and O–H groups in total. The smallest absolute Gasteiger partial charge is 0.769 e. The molecule has 0 saturated carbocycles. The standard InChI is InChI=1S/2Al.BrHO.6ClO/c;;7*1-2/h;;2H;;;;;;/q2*+3;;6*-1. The zero-order valence-corrected chi connectivity index (χ0v) is 15.1. The van der Waals surface area contributed by atoms with Crippen LogP contribution in [0.1, 0.15) is 0 Å². The molecule has 0 amide bonds. The summed E-state index contributed by atoms with van der Waals surface area (Å²) >= 11 is 22.3. The van der Waals surface area contributed by atoms with Crippen molar-refractivity contribution >= 4 is 122 Å². The molecule has 16 heteroatoms. The summed E-state index contributed by atoms with van der Waals surface area (Å²) in [7, 11) is 0. The first-order chi connectivity index (χ1) is 7.00. The minimum atomic E-state index is 0. The minimum Gasteiger partial charge on any atom is -0.769 e. The molecule has 0 aromatic carbocycles. The average molecular weight is 460 g/mol. The zero-order chi connectivity index (χ0) is 14.0. The molecule has 0 unspecified atom stereocenters. The van der Waals surface area contributed by atoms with E-state index in [1.54, 1.807) is 0 Å². The van der Waals surface area contributed by atoms with E-state index in [0.717, 1.165) is 0 Å². The SMILES string of the molecule is OBr.[Al+3].[Al+3].[O-]Cl.[O-]Cl.[O-]Cl.[O-]Cl.[O-]Cl.[O-]Cl. The van der Waals surface area contributed by atoms with Gasteiger partial charge in [0.1, 0.15) is 0 Å². The second-order valence-corrected chi connectivity index (χ2v) is 0. The van der Waals surface area contributed by atoms with E-state index in [4.69, 9.17) is 32.2 Å². The minimum absolute atomic E-state index is 0. The Kier molecular flexibility index (Phi) is 2220. The topological polar surface area (TPSA) is 159 Å². The van der Waals surface area contributed by atoms with Gasteiger partial charge in [0.25, 0.3) is 0 Å². The van der Waals surface area contributed by atoms with Gasteiger partial charge in [-0.1, -0.05) is 0 Å². The van der Waals surface area contributed by atoms with E-state index in [1.807, 2.05) is 16.3 Å². The maximum atomic E-state index is 7.72. The van der Waals surface area contributed by atoms with Crippen molar-refractivity contribution in [3.8, 4) is 0 Å². The van der Waals surface area contributed by atoms with Crippen LogP contribution in [0.2, 0.25) is 0 Å². The molecule has 0 saturated heterocycles. The molecule has 98 valence electrons. The number of hydrogen-bond acceptors (Lipinski definition) is 7. The fourth-order valence-electron chi connectivity index (χ4n) is 0. The third kappa shape index (κ3) is 482. The first-order valence-corrected chi connectivity index (χ1v) is 3.66. The van der Waals surface area contributed by atoms with Crippen LogP contribution >= 0.6 is 87.5 Å².